The number of nitrogens with one attached hydrogen (secondary N) is 1. The summed E-state index contributed by atoms with van der Waals surface area (Å²) in [6.07, 6.45) is 0. The van der Waals surface area contributed by atoms with Gasteiger partial charge < -0.3 is 4.42 Å². The molecule has 1 N–H and O–H groups in total. The summed E-state index contributed by atoms with van der Waals surface area (Å²) in [5, 5.41) is 4.93. The predicted octanol–water partition coefficient (Wildman–Crippen LogP) is 5.57. The molecular weight excluding hydrogens is 344 g/mol. The van der Waals surface area contributed by atoms with Crippen LogP contribution in [0.3, 0.4) is 0 Å². The first-order valence-corrected chi connectivity index (χ1v) is 8.58. The summed E-state index contributed by atoms with van der Waals surface area (Å²) in [6.45, 7) is 3.87. The summed E-state index contributed by atoms with van der Waals surface area (Å²) >= 11 is 7.37. The van der Waals surface area contributed by atoms with Crippen LogP contribution in [0.1, 0.15) is 21.7 Å². The molecule has 4 rings (SSSR count). The second-order valence-electron chi connectivity index (χ2n) is 5.64. The van der Waals surface area contributed by atoms with Gasteiger partial charge in [-0.2, -0.15) is 0 Å². The number of anilines is 1. The molecule has 0 spiro atoms. The van der Waals surface area contributed by atoms with Crippen molar-refractivity contribution < 1.29 is 9.21 Å². The number of halogens is 1. The maximum Gasteiger partial charge on any atom is 0.293 e. The monoisotopic (exact) mass is 356 g/mol. The Morgan fingerprint density at radius 3 is 2.88 bits per heavy atom. The van der Waals surface area contributed by atoms with Gasteiger partial charge in [0.1, 0.15) is 5.58 Å². The van der Waals surface area contributed by atoms with E-state index in [1.54, 1.807) is 6.07 Å². The van der Waals surface area contributed by atoms with Crippen LogP contribution in [0.5, 0.6) is 0 Å². The highest BCUT2D eigenvalue weighted by atomic mass is 35.5. The zero-order valence-corrected chi connectivity index (χ0v) is 14.6. The molecule has 4 nitrogen and oxygen atoms in total. The highest BCUT2D eigenvalue weighted by molar-refractivity contribution is 7.22. The third-order valence-corrected chi connectivity index (χ3v) is 5.04. The van der Waals surface area contributed by atoms with Gasteiger partial charge in [-0.15, -0.1) is 0 Å². The van der Waals surface area contributed by atoms with E-state index >= 15 is 0 Å². The van der Waals surface area contributed by atoms with Crippen molar-refractivity contribution in [2.75, 3.05) is 5.32 Å². The number of aromatic nitrogens is 1. The van der Waals surface area contributed by atoms with Crippen molar-refractivity contribution in [2.45, 2.75) is 13.8 Å². The second kappa shape index (κ2) is 5.61. The summed E-state index contributed by atoms with van der Waals surface area (Å²) in [5.74, 6) is 0.0133. The molecule has 0 atom stereocenters. The molecule has 2 heterocycles. The molecular formula is C18H13ClN2O2S. The number of carbonyl (C=O) groups excluding carboxylic acids is 1. The average Bonchev–Trinajstić information content (AvgIpc) is 3.07. The lowest BCUT2D eigenvalue weighted by atomic mass is 10.1. The highest BCUT2D eigenvalue weighted by Crippen LogP contribution is 2.30. The Labute approximate surface area is 147 Å². The van der Waals surface area contributed by atoms with Crippen molar-refractivity contribution in [1.82, 2.24) is 4.98 Å². The summed E-state index contributed by atoms with van der Waals surface area (Å²) in [7, 11) is 0. The molecule has 0 saturated carbocycles. The van der Waals surface area contributed by atoms with Gasteiger partial charge in [0.25, 0.3) is 5.91 Å². The molecule has 0 fully saturated rings. The summed E-state index contributed by atoms with van der Waals surface area (Å²) in [5.41, 5.74) is 3.43. The molecule has 0 unspecified atom stereocenters. The highest BCUT2D eigenvalue weighted by Gasteiger charge is 2.19. The fraction of sp³-hybridized carbons (Fsp3) is 0.111. The zero-order valence-electron chi connectivity index (χ0n) is 13.0. The Balaban J connectivity index is 1.69. The van der Waals surface area contributed by atoms with Crippen LogP contribution in [0.2, 0.25) is 5.02 Å². The van der Waals surface area contributed by atoms with Crippen molar-refractivity contribution in [1.29, 1.82) is 0 Å². The van der Waals surface area contributed by atoms with Gasteiger partial charge in [-0.05, 0) is 43.7 Å². The number of benzene rings is 2. The fourth-order valence-corrected chi connectivity index (χ4v) is 3.79. The van der Waals surface area contributed by atoms with Gasteiger partial charge in [0.15, 0.2) is 10.9 Å². The molecule has 0 aliphatic rings. The Morgan fingerprint density at radius 2 is 2.04 bits per heavy atom. The number of nitrogens with zero attached hydrogens (tertiary/aromatic N) is 1. The number of thiazole rings is 1. The number of aryl methyl sites for hydroxylation is 2. The van der Waals surface area contributed by atoms with E-state index in [0.717, 1.165) is 26.7 Å². The van der Waals surface area contributed by atoms with Crippen LogP contribution in [0.4, 0.5) is 5.13 Å². The van der Waals surface area contributed by atoms with Gasteiger partial charge in [-0.3, -0.25) is 10.1 Å². The van der Waals surface area contributed by atoms with E-state index in [1.165, 1.54) is 11.3 Å². The van der Waals surface area contributed by atoms with Crippen LogP contribution in [-0.4, -0.2) is 10.9 Å². The smallest absolute Gasteiger partial charge is 0.293 e. The first-order chi connectivity index (χ1) is 11.5. The molecule has 2 aromatic carbocycles. The van der Waals surface area contributed by atoms with Crippen LogP contribution in [-0.2, 0) is 0 Å². The topological polar surface area (TPSA) is 55.1 Å². The third-order valence-electron chi connectivity index (χ3n) is 3.87. The van der Waals surface area contributed by atoms with E-state index in [1.807, 2.05) is 44.2 Å². The summed E-state index contributed by atoms with van der Waals surface area (Å²) < 4.78 is 6.68. The zero-order chi connectivity index (χ0) is 16.8. The standard InChI is InChI=1S/C18H13ClN2O2S/c1-9-3-5-12-10(2)16(23-14(12)7-9)17(22)21-18-20-13-6-4-11(19)8-15(13)24-18/h3-8H,1-2H3,(H,20,21,22). The van der Waals surface area contributed by atoms with E-state index in [2.05, 4.69) is 10.3 Å². The minimum Gasteiger partial charge on any atom is -0.451 e. The van der Waals surface area contributed by atoms with Crippen molar-refractivity contribution in [3.63, 3.8) is 0 Å². The van der Waals surface area contributed by atoms with Crippen LogP contribution in [0.25, 0.3) is 21.2 Å². The molecule has 0 radical (unpaired) electrons. The third kappa shape index (κ3) is 2.56. The van der Waals surface area contributed by atoms with E-state index in [0.29, 0.717) is 21.5 Å². The minimum absolute atomic E-state index is 0.300. The van der Waals surface area contributed by atoms with Crippen molar-refractivity contribution >= 4 is 55.2 Å². The number of fused-ring (bicyclic) bond motifs is 2. The van der Waals surface area contributed by atoms with Crippen LogP contribution in [0.15, 0.2) is 40.8 Å². The van der Waals surface area contributed by atoms with Crippen LogP contribution >= 0.6 is 22.9 Å². The van der Waals surface area contributed by atoms with E-state index in [9.17, 15) is 4.79 Å². The fourth-order valence-electron chi connectivity index (χ4n) is 2.66. The van der Waals surface area contributed by atoms with Crippen LogP contribution in [0, 0.1) is 13.8 Å². The molecule has 0 saturated heterocycles. The molecule has 24 heavy (non-hydrogen) atoms. The van der Waals surface area contributed by atoms with Gasteiger partial charge in [-0.25, -0.2) is 4.98 Å². The van der Waals surface area contributed by atoms with Gasteiger partial charge in [0.05, 0.1) is 10.2 Å². The number of amides is 1. The van der Waals surface area contributed by atoms with E-state index in [-0.39, 0.29) is 5.91 Å². The molecule has 120 valence electrons. The second-order valence-corrected chi connectivity index (χ2v) is 7.11. The van der Waals surface area contributed by atoms with Gasteiger partial charge in [0, 0.05) is 16.0 Å². The van der Waals surface area contributed by atoms with Gasteiger partial charge in [-0.1, -0.05) is 35.1 Å². The van der Waals surface area contributed by atoms with Crippen molar-refractivity contribution in [3.8, 4) is 0 Å². The molecule has 0 aliphatic heterocycles. The first kappa shape index (κ1) is 15.2. The number of rotatable bonds is 2. The molecule has 4 aromatic rings. The number of furan rings is 1. The molecule has 6 heteroatoms. The van der Waals surface area contributed by atoms with Gasteiger partial charge >= 0.3 is 0 Å². The Bertz CT molecular complexity index is 1100. The predicted molar refractivity (Wildman–Crippen MR) is 98.3 cm³/mol. The maximum atomic E-state index is 12.6. The maximum absolute atomic E-state index is 12.6. The molecule has 2 aromatic heterocycles. The largest absolute Gasteiger partial charge is 0.451 e. The Morgan fingerprint density at radius 1 is 1.21 bits per heavy atom. The van der Waals surface area contributed by atoms with Crippen molar-refractivity contribution in [2.24, 2.45) is 0 Å². The number of carbonyl (C=O) groups is 1. The lowest BCUT2D eigenvalue weighted by Crippen LogP contribution is -2.11. The number of hydrogen-bond donors (Lipinski definition) is 1. The normalized spacial score (nSPS) is 11.3. The van der Waals surface area contributed by atoms with E-state index < -0.39 is 0 Å². The Hall–Kier alpha value is -2.37. The molecule has 1 amide bonds. The Kier molecular flexibility index (Phi) is 3.55. The summed E-state index contributed by atoms with van der Waals surface area (Å²) in [4.78, 5) is 17.0. The first-order valence-electron chi connectivity index (χ1n) is 7.38. The van der Waals surface area contributed by atoms with Gasteiger partial charge in [0.2, 0.25) is 0 Å². The average molecular weight is 357 g/mol. The number of hydrogen-bond acceptors (Lipinski definition) is 4. The van der Waals surface area contributed by atoms with Crippen LogP contribution < -0.4 is 5.32 Å². The summed E-state index contributed by atoms with van der Waals surface area (Å²) in [6, 6.07) is 11.3. The van der Waals surface area contributed by atoms with E-state index in [4.69, 9.17) is 16.0 Å². The minimum atomic E-state index is -0.300. The lowest BCUT2D eigenvalue weighted by molar-refractivity contribution is 0.0998. The molecule has 0 aliphatic carbocycles. The quantitative estimate of drug-likeness (QED) is 0.511. The molecule has 0 bridgehead atoms. The lowest BCUT2D eigenvalue weighted by Gasteiger charge is -1.98. The SMILES string of the molecule is Cc1ccc2c(C)c(C(=O)Nc3nc4ccc(Cl)cc4s3)oc2c1. The van der Waals surface area contributed by atoms with Crippen molar-refractivity contribution in [3.05, 3.63) is 58.3 Å².